The lowest BCUT2D eigenvalue weighted by molar-refractivity contribution is -0.162. The molecule has 0 saturated carbocycles. The van der Waals surface area contributed by atoms with Crippen molar-refractivity contribution >= 4 is 18.2 Å². The Kier molecular flexibility index (Phi) is 6.22. The van der Waals surface area contributed by atoms with Crippen molar-refractivity contribution in [2.24, 2.45) is 11.1 Å². The summed E-state index contributed by atoms with van der Waals surface area (Å²) in [4.78, 5) is 26.3. The number of carbonyl (C=O) groups excluding carboxylic acids is 2. The molecule has 0 spiro atoms. The van der Waals surface area contributed by atoms with Crippen molar-refractivity contribution in [2.75, 3.05) is 6.61 Å². The lowest BCUT2D eigenvalue weighted by Crippen LogP contribution is -2.26. The summed E-state index contributed by atoms with van der Waals surface area (Å²) in [7, 11) is 0. The van der Waals surface area contributed by atoms with Gasteiger partial charge in [-0.25, -0.2) is 4.79 Å². The highest BCUT2D eigenvalue weighted by molar-refractivity contribution is 5.94. The Morgan fingerprint density at radius 2 is 1.88 bits per heavy atom. The second-order valence-electron chi connectivity index (χ2n) is 2.90. The Hall–Kier alpha value is -1.60. The number of hydrogen-bond acceptors (Lipinski definition) is 5. The van der Waals surface area contributed by atoms with Crippen LogP contribution in [0.2, 0.25) is 0 Å². The number of hydrogen-bond donors (Lipinski definition) is 0. The van der Waals surface area contributed by atoms with Gasteiger partial charge in [-0.2, -0.15) is 13.2 Å². The molecule has 0 N–H and O–H groups in total. The van der Waals surface area contributed by atoms with E-state index >= 15 is 0 Å². The van der Waals surface area contributed by atoms with Gasteiger partial charge in [0.05, 0.1) is 6.61 Å². The molecule has 0 bridgehead atoms. The number of carbonyl (C=O) groups is 2. The van der Waals surface area contributed by atoms with Crippen LogP contribution >= 0.6 is 0 Å². The first-order chi connectivity index (χ1) is 7.81. The second-order valence-corrected chi connectivity index (χ2v) is 2.90. The van der Waals surface area contributed by atoms with Gasteiger partial charge in [0.25, 0.3) is 0 Å². The molecule has 0 amide bonds. The van der Waals surface area contributed by atoms with Crippen molar-refractivity contribution in [2.45, 2.75) is 26.4 Å². The third-order valence-corrected chi connectivity index (χ3v) is 1.61. The number of ether oxygens (including phenoxy) is 1. The van der Waals surface area contributed by atoms with E-state index in [9.17, 15) is 22.8 Å². The van der Waals surface area contributed by atoms with E-state index < -0.39 is 30.2 Å². The molecule has 0 aliphatic carbocycles. The zero-order valence-electron chi connectivity index (χ0n) is 9.28. The fourth-order valence-corrected chi connectivity index (χ4v) is 0.874. The van der Waals surface area contributed by atoms with Crippen LogP contribution < -0.4 is 0 Å². The van der Waals surface area contributed by atoms with Crippen LogP contribution in [0.4, 0.5) is 13.2 Å². The van der Waals surface area contributed by atoms with Crippen molar-refractivity contribution in [3.05, 3.63) is 0 Å². The summed E-state index contributed by atoms with van der Waals surface area (Å²) in [6.45, 7) is 3.10. The van der Waals surface area contributed by atoms with E-state index in [1.807, 2.05) is 0 Å². The zero-order chi connectivity index (χ0) is 13.5. The lowest BCUT2D eigenvalue weighted by Gasteiger charge is -2.09. The Bertz CT molecular complexity index is 301. The van der Waals surface area contributed by atoms with Crippen molar-refractivity contribution < 1.29 is 32.3 Å². The normalized spacial score (nSPS) is 13.5. The summed E-state index contributed by atoms with van der Waals surface area (Å²) in [6.07, 6.45) is -5.10. The highest BCUT2D eigenvalue weighted by Crippen LogP contribution is 2.12. The van der Waals surface area contributed by atoms with Crippen LogP contribution in [0.1, 0.15) is 20.3 Å². The molecule has 98 valence electrons. The van der Waals surface area contributed by atoms with Crippen molar-refractivity contribution in [1.82, 2.24) is 0 Å². The molecule has 0 aromatic carbocycles. The third-order valence-electron chi connectivity index (χ3n) is 1.61. The van der Waals surface area contributed by atoms with E-state index in [0.29, 0.717) is 0 Å². The predicted octanol–water partition coefficient (Wildman–Crippen LogP) is 1.67. The zero-order valence-corrected chi connectivity index (χ0v) is 9.28. The minimum Gasteiger partial charge on any atom is -0.465 e. The standard InChI is InChI=1S/C9H12F3NO4/c1-3-6(7(14)16-4-2)8(15)17-13-5-9(10,11)12/h5-6H,3-4H2,1-2H3. The van der Waals surface area contributed by atoms with Gasteiger partial charge >= 0.3 is 18.1 Å². The van der Waals surface area contributed by atoms with Crippen LogP contribution in [0.15, 0.2) is 5.16 Å². The van der Waals surface area contributed by atoms with Gasteiger partial charge in [-0.05, 0) is 13.3 Å². The fourth-order valence-electron chi connectivity index (χ4n) is 0.874. The van der Waals surface area contributed by atoms with Crippen LogP contribution in [0.5, 0.6) is 0 Å². The molecule has 1 atom stereocenters. The van der Waals surface area contributed by atoms with E-state index in [2.05, 4.69) is 14.7 Å². The fraction of sp³-hybridized carbons (Fsp3) is 0.667. The van der Waals surface area contributed by atoms with E-state index in [-0.39, 0.29) is 13.0 Å². The first-order valence-electron chi connectivity index (χ1n) is 4.80. The minimum absolute atomic E-state index is 0.0548. The van der Waals surface area contributed by atoms with Crippen LogP contribution in [-0.4, -0.2) is 30.9 Å². The molecule has 0 fully saturated rings. The predicted molar refractivity (Wildman–Crippen MR) is 51.1 cm³/mol. The highest BCUT2D eigenvalue weighted by Gasteiger charge is 2.29. The molecule has 1 unspecified atom stereocenters. The van der Waals surface area contributed by atoms with Crippen molar-refractivity contribution in [1.29, 1.82) is 0 Å². The topological polar surface area (TPSA) is 65.0 Å². The van der Waals surface area contributed by atoms with E-state index in [1.165, 1.54) is 13.8 Å². The summed E-state index contributed by atoms with van der Waals surface area (Å²) in [5.41, 5.74) is 0. The first-order valence-corrected chi connectivity index (χ1v) is 4.80. The maximum Gasteiger partial charge on any atom is 0.429 e. The molecule has 0 radical (unpaired) electrons. The Morgan fingerprint density at radius 1 is 1.29 bits per heavy atom. The van der Waals surface area contributed by atoms with E-state index in [4.69, 9.17) is 0 Å². The van der Waals surface area contributed by atoms with Gasteiger partial charge in [0.15, 0.2) is 5.92 Å². The van der Waals surface area contributed by atoms with E-state index in [1.54, 1.807) is 0 Å². The van der Waals surface area contributed by atoms with Crippen molar-refractivity contribution in [3.8, 4) is 0 Å². The summed E-state index contributed by atoms with van der Waals surface area (Å²) >= 11 is 0. The van der Waals surface area contributed by atoms with Crippen LogP contribution in [-0.2, 0) is 19.2 Å². The number of alkyl halides is 3. The lowest BCUT2D eigenvalue weighted by atomic mass is 10.1. The number of rotatable bonds is 5. The molecule has 0 heterocycles. The Morgan fingerprint density at radius 3 is 2.29 bits per heavy atom. The maximum atomic E-state index is 11.6. The molecule has 0 aliphatic heterocycles. The summed E-state index contributed by atoms with van der Waals surface area (Å²) in [5, 5.41) is 2.45. The van der Waals surface area contributed by atoms with Gasteiger partial charge in [0, 0.05) is 0 Å². The summed E-state index contributed by atoms with van der Waals surface area (Å²) in [5.74, 6) is -3.28. The van der Waals surface area contributed by atoms with Gasteiger partial charge < -0.3 is 9.57 Å². The maximum absolute atomic E-state index is 11.6. The molecule has 17 heavy (non-hydrogen) atoms. The van der Waals surface area contributed by atoms with Crippen molar-refractivity contribution in [3.63, 3.8) is 0 Å². The average Bonchev–Trinajstić information content (AvgIpc) is 2.17. The Balaban J connectivity index is 4.37. The average molecular weight is 255 g/mol. The SMILES string of the molecule is CCOC(=O)C(CC)C(=O)ON=CC(F)(F)F. The molecule has 0 rings (SSSR count). The highest BCUT2D eigenvalue weighted by atomic mass is 19.4. The monoisotopic (exact) mass is 255 g/mol. The molecule has 0 saturated heterocycles. The molecule has 0 aliphatic rings. The molecule has 8 heteroatoms. The molecule has 5 nitrogen and oxygen atoms in total. The second kappa shape index (κ2) is 6.87. The van der Waals surface area contributed by atoms with E-state index in [0.717, 1.165) is 0 Å². The molecule has 0 aromatic rings. The smallest absolute Gasteiger partial charge is 0.429 e. The number of esters is 1. The largest absolute Gasteiger partial charge is 0.465 e. The van der Waals surface area contributed by atoms with Crippen LogP contribution in [0, 0.1) is 5.92 Å². The van der Waals surface area contributed by atoms with Gasteiger partial charge in [-0.3, -0.25) is 4.79 Å². The van der Waals surface area contributed by atoms with Crippen LogP contribution in [0.3, 0.4) is 0 Å². The molecular weight excluding hydrogens is 243 g/mol. The van der Waals surface area contributed by atoms with Gasteiger partial charge in [-0.15, -0.1) is 0 Å². The van der Waals surface area contributed by atoms with Gasteiger partial charge in [-0.1, -0.05) is 12.1 Å². The number of nitrogens with zero attached hydrogens (tertiary/aromatic N) is 1. The summed E-state index contributed by atoms with van der Waals surface area (Å²) in [6, 6.07) is 0. The minimum atomic E-state index is -4.67. The number of halogens is 3. The third kappa shape index (κ3) is 6.54. The molecular formula is C9H12F3NO4. The summed E-state index contributed by atoms with van der Waals surface area (Å²) < 4.78 is 39.5. The Labute approximate surface area is 95.6 Å². The first kappa shape index (κ1) is 15.4. The van der Waals surface area contributed by atoms with Gasteiger partial charge in [0.1, 0.15) is 6.21 Å². The van der Waals surface area contributed by atoms with Crippen LogP contribution in [0.25, 0.3) is 0 Å². The molecule has 0 aromatic heterocycles. The number of oxime groups is 1. The quantitative estimate of drug-likeness (QED) is 0.246. The van der Waals surface area contributed by atoms with Gasteiger partial charge in [0.2, 0.25) is 0 Å².